The highest BCUT2D eigenvalue weighted by Crippen LogP contribution is 2.26. The Kier molecular flexibility index (Phi) is 4.04. The minimum Gasteiger partial charge on any atom is -0.383 e. The van der Waals surface area contributed by atoms with E-state index in [4.69, 9.17) is 9.72 Å². The topological polar surface area (TPSA) is 64.0 Å². The third kappa shape index (κ3) is 2.80. The third-order valence-corrected chi connectivity index (χ3v) is 4.35. The van der Waals surface area contributed by atoms with Crippen molar-refractivity contribution in [3.05, 3.63) is 42.7 Å². The molecule has 1 fully saturated rings. The lowest BCUT2D eigenvalue weighted by Gasteiger charge is -2.25. The Morgan fingerprint density at radius 1 is 1.17 bits per heavy atom. The summed E-state index contributed by atoms with van der Waals surface area (Å²) in [6.45, 7) is 1.73. The van der Waals surface area contributed by atoms with E-state index in [2.05, 4.69) is 19.9 Å². The molecule has 0 N–H and O–H groups in total. The molecule has 1 saturated heterocycles. The quantitative estimate of drug-likeness (QED) is 0.736. The van der Waals surface area contributed by atoms with Crippen LogP contribution in [0.5, 0.6) is 0 Å². The van der Waals surface area contributed by atoms with E-state index in [0.717, 1.165) is 42.9 Å². The van der Waals surface area contributed by atoms with E-state index in [-0.39, 0.29) is 0 Å². The maximum atomic E-state index is 5.34. The maximum absolute atomic E-state index is 5.34. The maximum Gasteiger partial charge on any atom is 0.180 e. The summed E-state index contributed by atoms with van der Waals surface area (Å²) in [5.41, 5.74) is 1.45. The van der Waals surface area contributed by atoms with Crippen LogP contribution in [0.15, 0.2) is 42.7 Å². The molecule has 1 atom stereocenters. The van der Waals surface area contributed by atoms with Crippen LogP contribution >= 0.6 is 0 Å². The van der Waals surface area contributed by atoms with E-state index < -0.39 is 0 Å². The van der Waals surface area contributed by atoms with E-state index in [1.165, 1.54) is 0 Å². The molecule has 0 radical (unpaired) electrons. The van der Waals surface area contributed by atoms with Crippen LogP contribution in [0.25, 0.3) is 22.6 Å². The van der Waals surface area contributed by atoms with Gasteiger partial charge in [-0.2, -0.15) is 0 Å². The Morgan fingerprint density at radius 2 is 2.12 bits per heavy atom. The lowest BCUT2D eigenvalue weighted by molar-refractivity contribution is 0.180. The van der Waals surface area contributed by atoms with Gasteiger partial charge in [0.05, 0.1) is 12.6 Å². The summed E-state index contributed by atoms with van der Waals surface area (Å²) in [5, 5.41) is 0.928. The molecule has 3 aromatic rings. The van der Waals surface area contributed by atoms with Gasteiger partial charge in [0.2, 0.25) is 0 Å². The van der Waals surface area contributed by atoms with Crippen LogP contribution in [-0.4, -0.2) is 46.2 Å². The van der Waals surface area contributed by atoms with Crippen molar-refractivity contribution < 1.29 is 4.74 Å². The van der Waals surface area contributed by atoms with Crippen LogP contribution in [0.1, 0.15) is 12.8 Å². The van der Waals surface area contributed by atoms with Crippen molar-refractivity contribution in [2.75, 3.05) is 25.2 Å². The molecule has 0 bridgehead atoms. The number of pyridine rings is 2. The number of fused-ring (bicyclic) bond motifs is 1. The van der Waals surface area contributed by atoms with Crippen LogP contribution < -0.4 is 4.90 Å². The first kappa shape index (κ1) is 15.0. The first-order valence-corrected chi connectivity index (χ1v) is 8.16. The molecule has 0 aromatic carbocycles. The standard InChI is InChI=1S/C18H19N5O/c1-24-12-14-6-4-10-23(14)16-8-2-7-15(21-16)18-20-11-13-5-3-9-19-17(13)22-18/h2-3,5,7-9,11,14H,4,6,10,12H2,1H3. The number of methoxy groups -OCH3 is 1. The van der Waals surface area contributed by atoms with E-state index in [1.807, 2.05) is 30.3 Å². The molecule has 24 heavy (non-hydrogen) atoms. The van der Waals surface area contributed by atoms with Crippen molar-refractivity contribution in [2.45, 2.75) is 18.9 Å². The Labute approximate surface area is 140 Å². The molecular formula is C18H19N5O. The Bertz CT molecular complexity index is 853. The molecule has 122 valence electrons. The predicted octanol–water partition coefficient (Wildman–Crippen LogP) is 2.70. The fourth-order valence-electron chi connectivity index (χ4n) is 3.20. The van der Waals surface area contributed by atoms with E-state index >= 15 is 0 Å². The molecule has 0 amide bonds. The largest absolute Gasteiger partial charge is 0.383 e. The van der Waals surface area contributed by atoms with Gasteiger partial charge >= 0.3 is 0 Å². The SMILES string of the molecule is COCC1CCCN1c1cccc(-c2ncc3cccnc3n2)n1. The third-order valence-electron chi connectivity index (χ3n) is 4.35. The van der Waals surface area contributed by atoms with Crippen molar-refractivity contribution in [2.24, 2.45) is 0 Å². The summed E-state index contributed by atoms with van der Waals surface area (Å²) in [6, 6.07) is 10.2. The van der Waals surface area contributed by atoms with Crippen LogP contribution in [0.4, 0.5) is 5.82 Å². The zero-order chi connectivity index (χ0) is 16.4. The average Bonchev–Trinajstić information content (AvgIpc) is 3.10. The van der Waals surface area contributed by atoms with Crippen LogP contribution in [-0.2, 0) is 4.74 Å². The first-order chi connectivity index (χ1) is 11.8. The Morgan fingerprint density at radius 3 is 3.04 bits per heavy atom. The van der Waals surface area contributed by atoms with E-state index in [9.17, 15) is 0 Å². The first-order valence-electron chi connectivity index (χ1n) is 8.16. The smallest absolute Gasteiger partial charge is 0.180 e. The molecular weight excluding hydrogens is 302 g/mol. The second-order valence-corrected chi connectivity index (χ2v) is 5.94. The summed E-state index contributed by atoms with van der Waals surface area (Å²) in [4.78, 5) is 20.4. The number of anilines is 1. The monoisotopic (exact) mass is 321 g/mol. The minimum atomic E-state index is 0.386. The Hall–Kier alpha value is -2.60. The van der Waals surface area contributed by atoms with E-state index in [0.29, 0.717) is 17.5 Å². The highest BCUT2D eigenvalue weighted by atomic mass is 16.5. The molecule has 6 nitrogen and oxygen atoms in total. The number of rotatable bonds is 4. The van der Waals surface area contributed by atoms with Crippen molar-refractivity contribution in [1.29, 1.82) is 0 Å². The second-order valence-electron chi connectivity index (χ2n) is 5.94. The molecule has 0 spiro atoms. The van der Waals surface area contributed by atoms with Gasteiger partial charge in [-0.25, -0.2) is 19.9 Å². The highest BCUT2D eigenvalue weighted by Gasteiger charge is 2.25. The predicted molar refractivity (Wildman–Crippen MR) is 92.8 cm³/mol. The molecule has 0 aliphatic carbocycles. The van der Waals surface area contributed by atoms with Gasteiger partial charge in [-0.1, -0.05) is 6.07 Å². The fraction of sp³-hybridized carbons (Fsp3) is 0.333. The summed E-state index contributed by atoms with van der Waals surface area (Å²) in [5.74, 6) is 1.56. The normalized spacial score (nSPS) is 17.5. The summed E-state index contributed by atoms with van der Waals surface area (Å²) in [6.07, 6.45) is 5.83. The van der Waals surface area contributed by atoms with Gasteiger partial charge in [0.25, 0.3) is 0 Å². The van der Waals surface area contributed by atoms with Crippen molar-refractivity contribution >= 4 is 16.9 Å². The zero-order valence-corrected chi connectivity index (χ0v) is 13.6. The summed E-state index contributed by atoms with van der Waals surface area (Å²) in [7, 11) is 1.75. The van der Waals surface area contributed by atoms with Gasteiger partial charge in [-0.3, -0.25) is 0 Å². The molecule has 4 heterocycles. The van der Waals surface area contributed by atoms with Crippen LogP contribution in [0, 0.1) is 0 Å². The molecule has 0 saturated carbocycles. The number of hydrogen-bond donors (Lipinski definition) is 0. The molecule has 4 rings (SSSR count). The second kappa shape index (κ2) is 6.49. The number of ether oxygens (including phenoxy) is 1. The summed E-state index contributed by atoms with van der Waals surface area (Å²) >= 11 is 0. The molecule has 6 heteroatoms. The number of aromatic nitrogens is 4. The van der Waals surface area contributed by atoms with Crippen LogP contribution in [0.3, 0.4) is 0 Å². The van der Waals surface area contributed by atoms with Crippen molar-refractivity contribution in [3.63, 3.8) is 0 Å². The minimum absolute atomic E-state index is 0.386. The zero-order valence-electron chi connectivity index (χ0n) is 13.6. The van der Waals surface area contributed by atoms with Gasteiger partial charge in [0.1, 0.15) is 11.5 Å². The van der Waals surface area contributed by atoms with Crippen molar-refractivity contribution in [3.8, 4) is 11.5 Å². The fourth-order valence-corrected chi connectivity index (χ4v) is 3.20. The average molecular weight is 321 g/mol. The molecule has 1 aliphatic heterocycles. The van der Waals surface area contributed by atoms with E-state index in [1.54, 1.807) is 19.5 Å². The number of hydrogen-bond acceptors (Lipinski definition) is 6. The number of nitrogens with zero attached hydrogens (tertiary/aromatic N) is 5. The lowest BCUT2D eigenvalue weighted by Crippen LogP contribution is -2.33. The van der Waals surface area contributed by atoms with Crippen LogP contribution in [0.2, 0.25) is 0 Å². The molecule has 1 aliphatic rings. The van der Waals surface area contributed by atoms with Crippen molar-refractivity contribution in [1.82, 2.24) is 19.9 Å². The van der Waals surface area contributed by atoms with Gasteiger partial charge in [-0.05, 0) is 37.1 Å². The summed E-state index contributed by atoms with van der Waals surface area (Å²) < 4.78 is 5.34. The molecule has 3 aromatic heterocycles. The Balaban J connectivity index is 1.68. The van der Waals surface area contributed by atoms with Gasteiger partial charge < -0.3 is 9.64 Å². The highest BCUT2D eigenvalue weighted by molar-refractivity contribution is 5.75. The van der Waals surface area contributed by atoms with Gasteiger partial charge in [0.15, 0.2) is 11.5 Å². The molecule has 1 unspecified atom stereocenters. The lowest BCUT2D eigenvalue weighted by atomic mass is 10.2. The van der Waals surface area contributed by atoms with Gasteiger partial charge in [-0.15, -0.1) is 0 Å². The van der Waals surface area contributed by atoms with Gasteiger partial charge in [0, 0.05) is 31.4 Å².